The monoisotopic (exact) mass is 247 g/mol. The molecule has 4 nitrogen and oxygen atoms in total. The molecule has 98 valence electrons. The minimum absolute atomic E-state index is 0.169. The molecular weight excluding hydrogens is 226 g/mol. The molecule has 1 aromatic carbocycles. The number of nitrogens with two attached hydrogens (primary N) is 1. The van der Waals surface area contributed by atoms with Crippen LogP contribution in [-0.2, 0) is 6.54 Å². The Labute approximate surface area is 108 Å². The van der Waals surface area contributed by atoms with Crippen molar-refractivity contribution in [3.63, 3.8) is 0 Å². The Balaban J connectivity index is 2.09. The first-order valence-corrected chi connectivity index (χ1v) is 6.50. The van der Waals surface area contributed by atoms with Crippen molar-refractivity contribution >= 4 is 5.84 Å². The Morgan fingerprint density at radius 3 is 2.67 bits per heavy atom. The van der Waals surface area contributed by atoms with Crippen molar-refractivity contribution in [2.24, 2.45) is 10.9 Å². The van der Waals surface area contributed by atoms with E-state index in [1.165, 1.54) is 43.5 Å². The van der Waals surface area contributed by atoms with Crippen molar-refractivity contribution < 1.29 is 5.21 Å². The van der Waals surface area contributed by atoms with Crippen LogP contribution in [0.2, 0.25) is 0 Å². The summed E-state index contributed by atoms with van der Waals surface area (Å²) in [5.74, 6) is 0.169. The summed E-state index contributed by atoms with van der Waals surface area (Å²) in [5, 5.41) is 11.7. The zero-order chi connectivity index (χ0) is 13.0. The summed E-state index contributed by atoms with van der Waals surface area (Å²) in [6.45, 7) is 5.47. The third kappa shape index (κ3) is 3.01. The maximum atomic E-state index is 8.66. The van der Waals surface area contributed by atoms with Gasteiger partial charge in [-0.1, -0.05) is 23.7 Å². The van der Waals surface area contributed by atoms with Crippen LogP contribution in [0.25, 0.3) is 0 Å². The zero-order valence-corrected chi connectivity index (χ0v) is 10.9. The molecule has 0 atom stereocenters. The number of aryl methyl sites for hydroxylation is 1. The van der Waals surface area contributed by atoms with E-state index < -0.39 is 0 Å². The molecule has 2 rings (SSSR count). The second-order valence-corrected chi connectivity index (χ2v) is 4.96. The molecule has 0 unspecified atom stereocenters. The first-order valence-electron chi connectivity index (χ1n) is 6.50. The molecular formula is C14H21N3O. The fourth-order valence-electron chi connectivity index (χ4n) is 2.45. The van der Waals surface area contributed by atoms with Crippen LogP contribution in [0, 0.1) is 6.92 Å². The normalized spacial score (nSPS) is 17.9. The van der Waals surface area contributed by atoms with Crippen molar-refractivity contribution in [2.45, 2.75) is 32.7 Å². The molecule has 1 fully saturated rings. The molecule has 1 heterocycles. The van der Waals surface area contributed by atoms with Crippen LogP contribution >= 0.6 is 0 Å². The Hall–Kier alpha value is -1.55. The molecule has 1 saturated heterocycles. The summed E-state index contributed by atoms with van der Waals surface area (Å²) in [5.41, 5.74) is 8.89. The van der Waals surface area contributed by atoms with E-state index in [-0.39, 0.29) is 5.84 Å². The van der Waals surface area contributed by atoms with Gasteiger partial charge in [-0.2, -0.15) is 0 Å². The number of amidine groups is 1. The third-order valence-electron chi connectivity index (χ3n) is 3.59. The molecule has 0 spiro atoms. The lowest BCUT2D eigenvalue weighted by Crippen LogP contribution is -2.29. The number of piperidine rings is 1. The van der Waals surface area contributed by atoms with Crippen LogP contribution in [0.3, 0.4) is 0 Å². The van der Waals surface area contributed by atoms with Crippen molar-refractivity contribution in [3.8, 4) is 0 Å². The largest absolute Gasteiger partial charge is 0.409 e. The molecule has 1 aliphatic heterocycles. The van der Waals surface area contributed by atoms with Crippen LogP contribution in [0.4, 0.5) is 0 Å². The fourth-order valence-corrected chi connectivity index (χ4v) is 2.45. The van der Waals surface area contributed by atoms with E-state index in [0.717, 1.165) is 12.1 Å². The molecule has 0 radical (unpaired) electrons. The van der Waals surface area contributed by atoms with E-state index in [0.29, 0.717) is 0 Å². The van der Waals surface area contributed by atoms with Gasteiger partial charge in [-0.15, -0.1) is 0 Å². The lowest BCUT2D eigenvalue weighted by atomic mass is 10.0. The van der Waals surface area contributed by atoms with E-state index >= 15 is 0 Å². The number of benzene rings is 1. The predicted molar refractivity (Wildman–Crippen MR) is 72.8 cm³/mol. The quantitative estimate of drug-likeness (QED) is 0.372. The standard InChI is InChI=1S/C14H21N3O/c1-11-9-12(14(15)16-18)5-6-13(11)10-17-7-3-2-4-8-17/h5-6,9,18H,2-4,7-8,10H2,1H3,(H2,15,16). The smallest absolute Gasteiger partial charge is 0.170 e. The highest BCUT2D eigenvalue weighted by Gasteiger charge is 2.12. The van der Waals surface area contributed by atoms with Crippen molar-refractivity contribution in [1.29, 1.82) is 0 Å². The molecule has 1 aliphatic rings. The van der Waals surface area contributed by atoms with Gasteiger partial charge in [-0.05, 0) is 50.0 Å². The highest BCUT2D eigenvalue weighted by Crippen LogP contribution is 2.17. The zero-order valence-electron chi connectivity index (χ0n) is 10.9. The maximum Gasteiger partial charge on any atom is 0.170 e. The number of rotatable bonds is 3. The van der Waals surface area contributed by atoms with Gasteiger partial charge < -0.3 is 10.9 Å². The first-order chi connectivity index (χ1) is 8.70. The van der Waals surface area contributed by atoms with Gasteiger partial charge in [0.2, 0.25) is 0 Å². The van der Waals surface area contributed by atoms with Gasteiger partial charge >= 0.3 is 0 Å². The Morgan fingerprint density at radius 1 is 1.33 bits per heavy atom. The third-order valence-corrected chi connectivity index (χ3v) is 3.59. The minimum atomic E-state index is 0.169. The summed E-state index contributed by atoms with van der Waals surface area (Å²) >= 11 is 0. The van der Waals surface area contributed by atoms with Crippen molar-refractivity contribution in [2.75, 3.05) is 13.1 Å². The molecule has 0 saturated carbocycles. The van der Waals surface area contributed by atoms with Crippen molar-refractivity contribution in [1.82, 2.24) is 4.90 Å². The highest BCUT2D eigenvalue weighted by atomic mass is 16.4. The van der Waals surface area contributed by atoms with Crippen LogP contribution in [0.1, 0.15) is 36.0 Å². The van der Waals surface area contributed by atoms with Gasteiger partial charge in [0.05, 0.1) is 0 Å². The van der Waals surface area contributed by atoms with E-state index in [9.17, 15) is 0 Å². The minimum Gasteiger partial charge on any atom is -0.409 e. The Bertz CT molecular complexity index is 437. The fraction of sp³-hybridized carbons (Fsp3) is 0.500. The first kappa shape index (κ1) is 12.9. The predicted octanol–water partition coefficient (Wildman–Crippen LogP) is 2.08. The number of likely N-dealkylation sites (tertiary alicyclic amines) is 1. The van der Waals surface area contributed by atoms with Crippen LogP contribution < -0.4 is 5.73 Å². The lowest BCUT2D eigenvalue weighted by molar-refractivity contribution is 0.220. The van der Waals surface area contributed by atoms with Gasteiger partial charge in [0.15, 0.2) is 5.84 Å². The van der Waals surface area contributed by atoms with Crippen LogP contribution in [0.5, 0.6) is 0 Å². The molecule has 0 amide bonds. The van der Waals surface area contributed by atoms with E-state index in [1.54, 1.807) is 0 Å². The summed E-state index contributed by atoms with van der Waals surface area (Å²) in [6, 6.07) is 5.98. The Morgan fingerprint density at radius 2 is 2.06 bits per heavy atom. The van der Waals surface area contributed by atoms with Crippen LogP contribution in [0.15, 0.2) is 23.4 Å². The number of hydrogen-bond donors (Lipinski definition) is 2. The van der Waals surface area contributed by atoms with Gasteiger partial charge in [0.25, 0.3) is 0 Å². The van der Waals surface area contributed by atoms with Gasteiger partial charge in [0.1, 0.15) is 0 Å². The van der Waals surface area contributed by atoms with Gasteiger partial charge in [-0.3, -0.25) is 4.90 Å². The number of oxime groups is 1. The Kier molecular flexibility index (Phi) is 4.20. The van der Waals surface area contributed by atoms with Gasteiger partial charge in [0, 0.05) is 12.1 Å². The van der Waals surface area contributed by atoms with Crippen LogP contribution in [-0.4, -0.2) is 29.0 Å². The van der Waals surface area contributed by atoms with E-state index in [2.05, 4.69) is 23.0 Å². The van der Waals surface area contributed by atoms with Gasteiger partial charge in [-0.25, -0.2) is 0 Å². The molecule has 0 bridgehead atoms. The van der Waals surface area contributed by atoms with E-state index in [1.807, 2.05) is 12.1 Å². The summed E-state index contributed by atoms with van der Waals surface area (Å²) in [4.78, 5) is 2.50. The molecule has 0 aromatic heterocycles. The average Bonchev–Trinajstić information content (AvgIpc) is 2.41. The molecule has 3 N–H and O–H groups in total. The highest BCUT2D eigenvalue weighted by molar-refractivity contribution is 5.97. The molecule has 18 heavy (non-hydrogen) atoms. The number of nitrogens with zero attached hydrogens (tertiary/aromatic N) is 2. The second-order valence-electron chi connectivity index (χ2n) is 4.96. The summed E-state index contributed by atoms with van der Waals surface area (Å²) in [6.07, 6.45) is 3.97. The number of hydrogen-bond acceptors (Lipinski definition) is 3. The topological polar surface area (TPSA) is 61.9 Å². The summed E-state index contributed by atoms with van der Waals surface area (Å²) < 4.78 is 0. The lowest BCUT2D eigenvalue weighted by Gasteiger charge is -2.27. The van der Waals surface area contributed by atoms with Crippen molar-refractivity contribution in [3.05, 3.63) is 34.9 Å². The summed E-state index contributed by atoms with van der Waals surface area (Å²) in [7, 11) is 0. The second kappa shape index (κ2) is 5.87. The molecule has 0 aliphatic carbocycles. The van der Waals surface area contributed by atoms with E-state index in [4.69, 9.17) is 10.9 Å². The average molecular weight is 247 g/mol. The molecule has 4 heteroatoms. The molecule has 1 aromatic rings. The maximum absolute atomic E-state index is 8.66. The SMILES string of the molecule is Cc1cc(/C(N)=N/O)ccc1CN1CCCCC1.